The van der Waals surface area contributed by atoms with Crippen LogP contribution in [0.2, 0.25) is 0 Å². The molecule has 0 aliphatic rings. The lowest BCUT2D eigenvalue weighted by Gasteiger charge is -2.13. The van der Waals surface area contributed by atoms with E-state index >= 15 is 0 Å². The number of carbonyl (C=O) groups excluding carboxylic acids is 1. The number of carbonyl (C=O) groups is 1. The van der Waals surface area contributed by atoms with Crippen molar-refractivity contribution in [3.05, 3.63) is 60.7 Å². The van der Waals surface area contributed by atoms with Crippen molar-refractivity contribution < 1.29 is 27.8 Å². The first-order chi connectivity index (χ1) is 12.5. The molecule has 2 aromatic rings. The molecule has 1 amide bonds. The molecule has 138 valence electrons. The summed E-state index contributed by atoms with van der Waals surface area (Å²) >= 11 is 0. The summed E-state index contributed by atoms with van der Waals surface area (Å²) in [6.07, 6.45) is 2.44. The topological polar surface area (TPSA) is 56.8 Å². The van der Waals surface area contributed by atoms with Gasteiger partial charge in [-0.1, -0.05) is 24.3 Å². The molecular weight excluding hydrogens is 344 g/mol. The number of benzene rings is 2. The zero-order valence-corrected chi connectivity index (χ0v) is 14.2. The summed E-state index contributed by atoms with van der Waals surface area (Å²) in [6.45, 7) is 0.373. The molecule has 7 heteroatoms. The Balaban J connectivity index is 2.00. The number of methoxy groups -OCH3 is 1. The van der Waals surface area contributed by atoms with Gasteiger partial charge < -0.3 is 19.5 Å². The molecule has 26 heavy (non-hydrogen) atoms. The number of para-hydroxylation sites is 2. The number of anilines is 1. The van der Waals surface area contributed by atoms with Crippen LogP contribution in [0.4, 0.5) is 14.5 Å². The zero-order chi connectivity index (χ0) is 18.9. The molecule has 5 nitrogen and oxygen atoms in total. The minimum atomic E-state index is -2.98. The van der Waals surface area contributed by atoms with Gasteiger partial charge in [0.05, 0.1) is 12.8 Å². The molecule has 0 radical (unpaired) electrons. The van der Waals surface area contributed by atoms with Crippen LogP contribution in [0.15, 0.2) is 55.1 Å². The van der Waals surface area contributed by atoms with E-state index in [0.717, 1.165) is 5.56 Å². The molecule has 2 rings (SSSR count). The third-order valence-corrected chi connectivity index (χ3v) is 3.34. The SMILES string of the molecule is C=CCc1ccc(OCC(=O)Nc2ccccc2OC(F)F)c(OC)c1. The molecule has 1 N–H and O–H groups in total. The molecule has 0 unspecified atom stereocenters. The van der Waals surface area contributed by atoms with Gasteiger partial charge in [0.2, 0.25) is 0 Å². The third kappa shape index (κ3) is 5.47. The highest BCUT2D eigenvalue weighted by Crippen LogP contribution is 2.29. The van der Waals surface area contributed by atoms with Crippen LogP contribution in [0.25, 0.3) is 0 Å². The number of allylic oxidation sites excluding steroid dienone is 1. The highest BCUT2D eigenvalue weighted by molar-refractivity contribution is 5.93. The van der Waals surface area contributed by atoms with Crippen molar-refractivity contribution in [2.24, 2.45) is 0 Å². The van der Waals surface area contributed by atoms with E-state index in [1.54, 1.807) is 24.3 Å². The molecule has 0 fully saturated rings. The second kappa shape index (κ2) is 9.41. The average Bonchev–Trinajstić information content (AvgIpc) is 2.62. The maximum atomic E-state index is 12.4. The molecule has 0 saturated carbocycles. The second-order valence-electron chi connectivity index (χ2n) is 5.19. The summed E-state index contributed by atoms with van der Waals surface area (Å²) in [4.78, 5) is 12.1. The first-order valence-corrected chi connectivity index (χ1v) is 7.77. The maximum absolute atomic E-state index is 12.4. The van der Waals surface area contributed by atoms with Gasteiger partial charge in [0, 0.05) is 0 Å². The molecule has 2 aromatic carbocycles. The van der Waals surface area contributed by atoms with Gasteiger partial charge in [-0.2, -0.15) is 8.78 Å². The molecule has 0 heterocycles. The largest absolute Gasteiger partial charge is 0.493 e. The summed E-state index contributed by atoms with van der Waals surface area (Å²) in [5, 5.41) is 2.48. The normalized spacial score (nSPS) is 10.3. The molecule has 0 aromatic heterocycles. The fourth-order valence-electron chi connectivity index (χ4n) is 2.22. The van der Waals surface area contributed by atoms with Crippen LogP contribution in [0.5, 0.6) is 17.2 Å². The Morgan fingerprint density at radius 2 is 1.96 bits per heavy atom. The lowest BCUT2D eigenvalue weighted by atomic mass is 10.1. The van der Waals surface area contributed by atoms with Crippen LogP contribution < -0.4 is 19.5 Å². The number of amides is 1. The van der Waals surface area contributed by atoms with Crippen LogP contribution >= 0.6 is 0 Å². The molecule has 0 aliphatic carbocycles. The van der Waals surface area contributed by atoms with E-state index in [-0.39, 0.29) is 18.0 Å². The summed E-state index contributed by atoms with van der Waals surface area (Å²) in [5.41, 5.74) is 1.13. The Labute approximate surface area is 150 Å². The Hall–Kier alpha value is -3.09. The predicted molar refractivity (Wildman–Crippen MR) is 94.1 cm³/mol. The third-order valence-electron chi connectivity index (χ3n) is 3.34. The number of ether oxygens (including phenoxy) is 3. The Morgan fingerprint density at radius 1 is 1.19 bits per heavy atom. The summed E-state index contributed by atoms with van der Waals surface area (Å²) in [5.74, 6) is 0.237. The standard InChI is InChI=1S/C19H19F2NO4/c1-3-6-13-9-10-16(17(11-13)24-2)25-12-18(23)22-14-7-4-5-8-15(14)26-19(20)21/h3-5,7-11,19H,1,6,12H2,2H3,(H,22,23). The highest BCUT2D eigenvalue weighted by Gasteiger charge is 2.13. The van der Waals surface area contributed by atoms with E-state index in [0.29, 0.717) is 17.9 Å². The molecule has 0 spiro atoms. The number of nitrogens with one attached hydrogen (secondary N) is 1. The lowest BCUT2D eigenvalue weighted by molar-refractivity contribution is -0.118. The zero-order valence-electron chi connectivity index (χ0n) is 14.2. The van der Waals surface area contributed by atoms with Gasteiger partial charge in [-0.05, 0) is 36.2 Å². The van der Waals surface area contributed by atoms with Gasteiger partial charge in [-0.3, -0.25) is 4.79 Å². The van der Waals surface area contributed by atoms with Crippen molar-refractivity contribution in [2.75, 3.05) is 19.0 Å². The second-order valence-corrected chi connectivity index (χ2v) is 5.19. The van der Waals surface area contributed by atoms with Crippen molar-refractivity contribution in [1.29, 1.82) is 0 Å². The van der Waals surface area contributed by atoms with E-state index in [4.69, 9.17) is 9.47 Å². The van der Waals surface area contributed by atoms with E-state index in [9.17, 15) is 13.6 Å². The quantitative estimate of drug-likeness (QED) is 0.683. The summed E-state index contributed by atoms with van der Waals surface area (Å²) in [6, 6.07) is 11.2. The van der Waals surface area contributed by atoms with Crippen molar-refractivity contribution in [1.82, 2.24) is 0 Å². The van der Waals surface area contributed by atoms with E-state index < -0.39 is 12.5 Å². The van der Waals surface area contributed by atoms with E-state index in [2.05, 4.69) is 16.6 Å². The van der Waals surface area contributed by atoms with Crippen molar-refractivity contribution in [2.45, 2.75) is 13.0 Å². The maximum Gasteiger partial charge on any atom is 0.387 e. The van der Waals surface area contributed by atoms with Gasteiger partial charge >= 0.3 is 6.61 Å². The van der Waals surface area contributed by atoms with Crippen LogP contribution in [0.3, 0.4) is 0 Å². The minimum absolute atomic E-state index is 0.123. The van der Waals surface area contributed by atoms with Gasteiger partial charge in [0.15, 0.2) is 18.1 Å². The fourth-order valence-corrected chi connectivity index (χ4v) is 2.22. The predicted octanol–water partition coefficient (Wildman–Crippen LogP) is 4.04. The van der Waals surface area contributed by atoms with Crippen LogP contribution in [0.1, 0.15) is 5.56 Å². The van der Waals surface area contributed by atoms with E-state index in [1.807, 2.05) is 6.07 Å². The minimum Gasteiger partial charge on any atom is -0.493 e. The van der Waals surface area contributed by atoms with Crippen LogP contribution in [-0.2, 0) is 11.2 Å². The van der Waals surface area contributed by atoms with Crippen molar-refractivity contribution in [3.8, 4) is 17.2 Å². The molecule has 0 aliphatic heterocycles. The fraction of sp³-hybridized carbons (Fsp3) is 0.211. The first-order valence-electron chi connectivity index (χ1n) is 7.77. The smallest absolute Gasteiger partial charge is 0.387 e. The summed E-state index contributed by atoms with van der Waals surface area (Å²) < 4.78 is 39.9. The first kappa shape index (κ1) is 19.2. The monoisotopic (exact) mass is 363 g/mol. The molecule has 0 bridgehead atoms. The number of hydrogen-bond acceptors (Lipinski definition) is 4. The average molecular weight is 363 g/mol. The number of rotatable bonds is 9. The molecular formula is C19H19F2NO4. The number of alkyl halides is 2. The van der Waals surface area contributed by atoms with Crippen molar-refractivity contribution in [3.63, 3.8) is 0 Å². The van der Waals surface area contributed by atoms with Gasteiger partial charge in [0.25, 0.3) is 5.91 Å². The highest BCUT2D eigenvalue weighted by atomic mass is 19.3. The van der Waals surface area contributed by atoms with E-state index in [1.165, 1.54) is 25.3 Å². The van der Waals surface area contributed by atoms with Gasteiger partial charge in [-0.25, -0.2) is 0 Å². The summed E-state index contributed by atoms with van der Waals surface area (Å²) in [7, 11) is 1.50. The number of halogens is 2. The molecule has 0 atom stereocenters. The van der Waals surface area contributed by atoms with Crippen molar-refractivity contribution >= 4 is 11.6 Å². The number of hydrogen-bond donors (Lipinski definition) is 1. The van der Waals surface area contributed by atoms with Crippen LogP contribution in [0, 0.1) is 0 Å². The van der Waals surface area contributed by atoms with Gasteiger partial charge in [-0.15, -0.1) is 6.58 Å². The van der Waals surface area contributed by atoms with Crippen LogP contribution in [-0.4, -0.2) is 26.2 Å². The lowest BCUT2D eigenvalue weighted by Crippen LogP contribution is -2.21. The molecule has 0 saturated heterocycles. The van der Waals surface area contributed by atoms with Gasteiger partial charge in [0.1, 0.15) is 5.75 Å². The Kier molecular flexibility index (Phi) is 6.96. The Bertz CT molecular complexity index is 765. The Morgan fingerprint density at radius 3 is 2.65 bits per heavy atom.